The number of hydrogen-bond acceptors (Lipinski definition) is 8. The van der Waals surface area contributed by atoms with E-state index in [1.165, 1.54) is 0 Å². The molecule has 10 nitrogen and oxygen atoms in total. The second-order valence-corrected chi connectivity index (χ2v) is 6.96. The van der Waals surface area contributed by atoms with Crippen LogP contribution in [0.25, 0.3) is 27.9 Å². The van der Waals surface area contributed by atoms with E-state index in [1.807, 2.05) is 45.0 Å². The first kappa shape index (κ1) is 17.3. The highest BCUT2D eigenvalue weighted by molar-refractivity contribution is 5.96. The molecule has 0 aliphatic carbocycles. The van der Waals surface area contributed by atoms with E-state index in [1.54, 1.807) is 21.6 Å². The minimum atomic E-state index is 0.197. The van der Waals surface area contributed by atoms with Gasteiger partial charge in [0.05, 0.1) is 0 Å². The molecule has 1 aromatic carbocycles. The van der Waals surface area contributed by atoms with Gasteiger partial charge in [-0.2, -0.15) is 9.61 Å². The number of aromatic nitrogens is 8. The summed E-state index contributed by atoms with van der Waals surface area (Å²) in [4.78, 5) is 4.30. The lowest BCUT2D eigenvalue weighted by Gasteiger charge is -2.08. The van der Waals surface area contributed by atoms with E-state index in [4.69, 9.17) is 9.26 Å². The molecule has 29 heavy (non-hydrogen) atoms. The van der Waals surface area contributed by atoms with Crippen LogP contribution in [0.4, 0.5) is 0 Å². The van der Waals surface area contributed by atoms with Gasteiger partial charge in [-0.05, 0) is 26.8 Å². The quantitative estimate of drug-likeness (QED) is 0.450. The second-order valence-electron chi connectivity index (χ2n) is 6.96. The van der Waals surface area contributed by atoms with Crippen LogP contribution in [0, 0.1) is 6.92 Å². The summed E-state index contributed by atoms with van der Waals surface area (Å²) in [6.45, 7) is 6.10. The summed E-state index contributed by atoms with van der Waals surface area (Å²) in [5, 5.41) is 23.3. The first-order valence-electron chi connectivity index (χ1n) is 9.21. The van der Waals surface area contributed by atoms with Gasteiger partial charge in [0, 0.05) is 22.9 Å². The molecule has 0 atom stereocenters. The molecule has 4 aromatic heterocycles. The average molecular weight is 390 g/mol. The van der Waals surface area contributed by atoms with E-state index in [2.05, 4.69) is 30.5 Å². The van der Waals surface area contributed by atoms with Crippen molar-refractivity contribution >= 4 is 16.4 Å². The predicted molar refractivity (Wildman–Crippen MR) is 103 cm³/mol. The molecule has 0 saturated carbocycles. The van der Waals surface area contributed by atoms with E-state index in [-0.39, 0.29) is 12.6 Å². The molecule has 5 aromatic rings. The van der Waals surface area contributed by atoms with Crippen LogP contribution in [0.15, 0.2) is 41.2 Å². The third-order valence-electron chi connectivity index (χ3n) is 4.51. The Balaban J connectivity index is 1.59. The van der Waals surface area contributed by atoms with E-state index in [9.17, 15) is 0 Å². The highest BCUT2D eigenvalue weighted by atomic mass is 16.5. The van der Waals surface area contributed by atoms with Gasteiger partial charge in [-0.3, -0.25) is 4.68 Å². The summed E-state index contributed by atoms with van der Waals surface area (Å²) in [5.74, 6) is 2.19. The molecule has 0 saturated heterocycles. The molecular formula is C19H18N8O2. The molecular weight excluding hydrogens is 372 g/mol. The van der Waals surface area contributed by atoms with Crippen LogP contribution in [0.2, 0.25) is 0 Å². The Bertz CT molecular complexity index is 1320. The van der Waals surface area contributed by atoms with Crippen molar-refractivity contribution in [1.82, 2.24) is 39.7 Å². The molecule has 0 fully saturated rings. The van der Waals surface area contributed by atoms with Gasteiger partial charge in [0.15, 0.2) is 23.8 Å². The Hall–Kier alpha value is -3.82. The largest absolute Gasteiger partial charge is 0.468 e. The van der Waals surface area contributed by atoms with Crippen molar-refractivity contribution in [2.45, 2.75) is 33.4 Å². The maximum atomic E-state index is 6.00. The Morgan fingerprint density at radius 3 is 2.66 bits per heavy atom. The minimum absolute atomic E-state index is 0.197. The van der Waals surface area contributed by atoms with Crippen molar-refractivity contribution in [1.29, 1.82) is 0 Å². The standard InChI is InChI=1S/C19H18N8O2/c1-11(2)26-10-20-16(23-26)9-28-19-14-7-5-4-6-13(14)17-21-22-18(27(17)24-19)15-8-12(3)29-25-15/h4-8,10-11H,9H2,1-3H3. The molecule has 0 bridgehead atoms. The first-order valence-corrected chi connectivity index (χ1v) is 9.21. The molecule has 0 aliphatic rings. The smallest absolute Gasteiger partial charge is 0.240 e. The molecule has 0 aliphatic heterocycles. The molecule has 0 spiro atoms. The van der Waals surface area contributed by atoms with Gasteiger partial charge >= 0.3 is 0 Å². The lowest BCUT2D eigenvalue weighted by atomic mass is 10.2. The number of nitrogens with zero attached hydrogens (tertiary/aromatic N) is 8. The molecule has 0 radical (unpaired) electrons. The van der Waals surface area contributed by atoms with Crippen LogP contribution in [-0.4, -0.2) is 39.7 Å². The molecule has 4 heterocycles. The van der Waals surface area contributed by atoms with E-state index < -0.39 is 0 Å². The zero-order valence-electron chi connectivity index (χ0n) is 16.1. The van der Waals surface area contributed by atoms with Crippen LogP contribution in [0.1, 0.15) is 31.5 Å². The zero-order chi connectivity index (χ0) is 20.0. The molecule has 10 heteroatoms. The SMILES string of the molecule is Cc1cc(-c2nnc3c4ccccc4c(OCc4ncn(C(C)C)n4)nn23)no1. The molecule has 0 amide bonds. The summed E-state index contributed by atoms with van der Waals surface area (Å²) < 4.78 is 14.6. The number of ether oxygens (including phenoxy) is 1. The van der Waals surface area contributed by atoms with Gasteiger partial charge < -0.3 is 9.26 Å². The number of hydrogen-bond donors (Lipinski definition) is 0. The Morgan fingerprint density at radius 1 is 1.10 bits per heavy atom. The van der Waals surface area contributed by atoms with Gasteiger partial charge in [0.2, 0.25) is 11.7 Å². The van der Waals surface area contributed by atoms with Crippen molar-refractivity contribution in [3.8, 4) is 17.4 Å². The maximum absolute atomic E-state index is 6.00. The predicted octanol–water partition coefficient (Wildman–Crippen LogP) is 2.99. The van der Waals surface area contributed by atoms with Gasteiger partial charge in [-0.1, -0.05) is 23.4 Å². The van der Waals surface area contributed by atoms with Crippen LogP contribution in [0.3, 0.4) is 0 Å². The molecule has 0 unspecified atom stereocenters. The summed E-state index contributed by atoms with van der Waals surface area (Å²) in [6, 6.07) is 9.78. The average Bonchev–Trinajstić information content (AvgIpc) is 3.45. The lowest BCUT2D eigenvalue weighted by Crippen LogP contribution is -2.06. The normalized spacial score (nSPS) is 11.7. The van der Waals surface area contributed by atoms with Crippen molar-refractivity contribution in [3.63, 3.8) is 0 Å². The molecule has 146 valence electrons. The van der Waals surface area contributed by atoms with Crippen molar-refractivity contribution in [3.05, 3.63) is 48.2 Å². The number of rotatable bonds is 5. The first-order chi connectivity index (χ1) is 14.1. The summed E-state index contributed by atoms with van der Waals surface area (Å²) in [7, 11) is 0. The van der Waals surface area contributed by atoms with Gasteiger partial charge in [-0.25, -0.2) is 4.98 Å². The van der Waals surface area contributed by atoms with Gasteiger partial charge in [0.1, 0.15) is 12.1 Å². The van der Waals surface area contributed by atoms with Crippen molar-refractivity contribution in [2.75, 3.05) is 0 Å². The lowest BCUT2D eigenvalue weighted by molar-refractivity contribution is 0.282. The number of aryl methyl sites for hydroxylation is 1. The van der Waals surface area contributed by atoms with E-state index in [0.717, 1.165) is 10.8 Å². The van der Waals surface area contributed by atoms with Crippen molar-refractivity contribution < 1.29 is 9.26 Å². The summed E-state index contributed by atoms with van der Waals surface area (Å²) in [5.41, 5.74) is 1.17. The Kier molecular flexibility index (Phi) is 3.97. The minimum Gasteiger partial charge on any atom is -0.468 e. The summed E-state index contributed by atoms with van der Waals surface area (Å²) in [6.07, 6.45) is 1.70. The fourth-order valence-electron chi connectivity index (χ4n) is 3.05. The monoisotopic (exact) mass is 390 g/mol. The number of benzene rings is 1. The van der Waals surface area contributed by atoms with Gasteiger partial charge in [0.25, 0.3) is 0 Å². The number of fused-ring (bicyclic) bond motifs is 3. The fourth-order valence-corrected chi connectivity index (χ4v) is 3.05. The third kappa shape index (κ3) is 2.98. The third-order valence-corrected chi connectivity index (χ3v) is 4.51. The van der Waals surface area contributed by atoms with Gasteiger partial charge in [-0.15, -0.1) is 15.3 Å². The van der Waals surface area contributed by atoms with E-state index in [0.29, 0.717) is 34.6 Å². The van der Waals surface area contributed by atoms with Crippen LogP contribution in [-0.2, 0) is 6.61 Å². The topological polar surface area (TPSA) is 109 Å². The van der Waals surface area contributed by atoms with Crippen molar-refractivity contribution in [2.24, 2.45) is 0 Å². The van der Waals surface area contributed by atoms with Crippen LogP contribution >= 0.6 is 0 Å². The molecule has 0 N–H and O–H groups in total. The Labute approximate surface area is 165 Å². The molecule has 5 rings (SSSR count). The highest BCUT2D eigenvalue weighted by Crippen LogP contribution is 2.29. The summed E-state index contributed by atoms with van der Waals surface area (Å²) >= 11 is 0. The van der Waals surface area contributed by atoms with Crippen LogP contribution < -0.4 is 4.74 Å². The van der Waals surface area contributed by atoms with Crippen LogP contribution in [0.5, 0.6) is 5.88 Å². The maximum Gasteiger partial charge on any atom is 0.240 e. The van der Waals surface area contributed by atoms with E-state index >= 15 is 0 Å². The highest BCUT2D eigenvalue weighted by Gasteiger charge is 2.18. The fraction of sp³-hybridized carbons (Fsp3) is 0.263. The zero-order valence-corrected chi connectivity index (χ0v) is 16.1. The Morgan fingerprint density at radius 2 is 1.93 bits per heavy atom. The second kappa shape index (κ2) is 6.66.